The van der Waals surface area contributed by atoms with Crippen LogP contribution in [0.4, 0.5) is 0 Å². The summed E-state index contributed by atoms with van der Waals surface area (Å²) in [6, 6.07) is 6.15. The van der Waals surface area contributed by atoms with Gasteiger partial charge in [-0.25, -0.2) is 0 Å². The third kappa shape index (κ3) is 3.90. The molecule has 94 valence electrons. The van der Waals surface area contributed by atoms with Crippen molar-refractivity contribution in [1.82, 2.24) is 0 Å². The van der Waals surface area contributed by atoms with E-state index in [9.17, 15) is 0 Å². The van der Waals surface area contributed by atoms with Gasteiger partial charge in [0.15, 0.2) is 0 Å². The maximum atomic E-state index is 5.98. The molecule has 0 heterocycles. The predicted molar refractivity (Wildman–Crippen MR) is 73.3 cm³/mol. The molecule has 0 aliphatic heterocycles. The number of nitrogens with two attached hydrogens (primary N) is 1. The average Bonchev–Trinajstić information content (AvgIpc) is 2.31. The molecule has 2 nitrogen and oxygen atoms in total. The fourth-order valence-electron chi connectivity index (χ4n) is 1.77. The first kappa shape index (κ1) is 13.8. The molecule has 1 atom stereocenters. The van der Waals surface area contributed by atoms with Crippen molar-refractivity contribution in [3.05, 3.63) is 42.0 Å². The van der Waals surface area contributed by atoms with E-state index < -0.39 is 0 Å². The molecule has 0 amide bonds. The van der Waals surface area contributed by atoms with Gasteiger partial charge < -0.3 is 10.5 Å². The van der Waals surface area contributed by atoms with Crippen LogP contribution < -0.4 is 10.5 Å². The van der Waals surface area contributed by atoms with E-state index in [0.717, 1.165) is 37.2 Å². The zero-order chi connectivity index (χ0) is 12.7. The van der Waals surface area contributed by atoms with Gasteiger partial charge in [0.25, 0.3) is 0 Å². The van der Waals surface area contributed by atoms with Crippen LogP contribution in [0.15, 0.2) is 30.9 Å². The number of benzene rings is 1. The molecular formula is C15H23NO. The van der Waals surface area contributed by atoms with Crippen molar-refractivity contribution in [2.45, 2.75) is 39.2 Å². The van der Waals surface area contributed by atoms with E-state index in [-0.39, 0.29) is 6.04 Å². The molecule has 0 aliphatic rings. The van der Waals surface area contributed by atoms with Crippen LogP contribution in [-0.4, -0.2) is 6.61 Å². The second kappa shape index (κ2) is 7.13. The zero-order valence-electron chi connectivity index (χ0n) is 10.9. The Kier molecular flexibility index (Phi) is 5.78. The van der Waals surface area contributed by atoms with Gasteiger partial charge in [0.2, 0.25) is 0 Å². The molecule has 0 radical (unpaired) electrons. The van der Waals surface area contributed by atoms with Crippen LogP contribution in [-0.2, 0) is 6.42 Å². The van der Waals surface area contributed by atoms with E-state index in [1.807, 2.05) is 25.1 Å². The normalized spacial score (nSPS) is 12.2. The van der Waals surface area contributed by atoms with Crippen LogP contribution in [0.2, 0.25) is 0 Å². The van der Waals surface area contributed by atoms with Gasteiger partial charge in [-0.1, -0.05) is 37.6 Å². The van der Waals surface area contributed by atoms with Gasteiger partial charge in [0.1, 0.15) is 5.75 Å². The molecule has 0 saturated carbocycles. The fourth-order valence-corrected chi connectivity index (χ4v) is 1.77. The lowest BCUT2D eigenvalue weighted by atomic mass is 10.0. The zero-order valence-corrected chi connectivity index (χ0v) is 10.9. The highest BCUT2D eigenvalue weighted by Crippen LogP contribution is 2.29. The first-order valence-electron chi connectivity index (χ1n) is 6.31. The number of hydrogen-bond donors (Lipinski definition) is 1. The Bertz CT molecular complexity index is 358. The Morgan fingerprint density at radius 1 is 1.47 bits per heavy atom. The third-order valence-corrected chi connectivity index (χ3v) is 2.73. The van der Waals surface area contributed by atoms with E-state index in [1.54, 1.807) is 0 Å². The minimum absolute atomic E-state index is 0.00334. The molecule has 0 saturated heterocycles. The largest absolute Gasteiger partial charge is 0.493 e. The molecule has 0 aliphatic carbocycles. The summed E-state index contributed by atoms with van der Waals surface area (Å²) >= 11 is 0. The van der Waals surface area contributed by atoms with Gasteiger partial charge in [-0.15, -0.1) is 6.58 Å². The first-order valence-corrected chi connectivity index (χ1v) is 6.31. The predicted octanol–water partition coefficient (Wildman–Crippen LogP) is 3.61. The van der Waals surface area contributed by atoms with E-state index in [1.165, 1.54) is 5.56 Å². The molecule has 0 fully saturated rings. The average molecular weight is 233 g/mol. The highest BCUT2D eigenvalue weighted by atomic mass is 16.5. The number of allylic oxidation sites excluding steroid dienone is 1. The lowest BCUT2D eigenvalue weighted by Gasteiger charge is -2.17. The van der Waals surface area contributed by atoms with Crippen molar-refractivity contribution in [1.29, 1.82) is 0 Å². The van der Waals surface area contributed by atoms with Crippen molar-refractivity contribution in [2.75, 3.05) is 6.61 Å². The molecule has 1 aromatic rings. The van der Waals surface area contributed by atoms with E-state index in [0.29, 0.717) is 0 Å². The summed E-state index contributed by atoms with van der Waals surface area (Å²) in [6.07, 6.45) is 4.92. The van der Waals surface area contributed by atoms with Crippen LogP contribution in [0, 0.1) is 0 Å². The van der Waals surface area contributed by atoms with Crippen molar-refractivity contribution in [2.24, 2.45) is 5.73 Å². The summed E-state index contributed by atoms with van der Waals surface area (Å²) in [4.78, 5) is 0. The Morgan fingerprint density at radius 2 is 2.24 bits per heavy atom. The van der Waals surface area contributed by atoms with Crippen molar-refractivity contribution in [3.8, 4) is 5.75 Å². The summed E-state index contributed by atoms with van der Waals surface area (Å²) in [6.45, 7) is 8.68. The van der Waals surface area contributed by atoms with Gasteiger partial charge in [-0.05, 0) is 25.3 Å². The van der Waals surface area contributed by atoms with Gasteiger partial charge >= 0.3 is 0 Å². The molecule has 0 aromatic heterocycles. The first-order chi connectivity index (χ1) is 8.20. The lowest BCUT2D eigenvalue weighted by Crippen LogP contribution is -2.10. The maximum Gasteiger partial charge on any atom is 0.127 e. The van der Waals surface area contributed by atoms with E-state index >= 15 is 0 Å². The summed E-state index contributed by atoms with van der Waals surface area (Å²) < 4.78 is 5.89. The Morgan fingerprint density at radius 3 is 2.82 bits per heavy atom. The monoisotopic (exact) mass is 233 g/mol. The number of para-hydroxylation sites is 1. The maximum absolute atomic E-state index is 5.98. The fraction of sp³-hybridized carbons (Fsp3) is 0.467. The summed E-state index contributed by atoms with van der Waals surface area (Å²) in [5.41, 5.74) is 8.23. The van der Waals surface area contributed by atoms with Crippen LogP contribution in [0.25, 0.3) is 0 Å². The quantitative estimate of drug-likeness (QED) is 0.576. The molecule has 1 unspecified atom stereocenters. The van der Waals surface area contributed by atoms with Crippen LogP contribution >= 0.6 is 0 Å². The third-order valence-electron chi connectivity index (χ3n) is 2.73. The summed E-state index contributed by atoms with van der Waals surface area (Å²) in [5.74, 6) is 0.954. The SMILES string of the molecule is C=CCc1cccc(C(C)N)c1OCCCC. The second-order valence-electron chi connectivity index (χ2n) is 4.32. The smallest absolute Gasteiger partial charge is 0.127 e. The highest BCUT2D eigenvalue weighted by Gasteiger charge is 2.11. The van der Waals surface area contributed by atoms with E-state index in [2.05, 4.69) is 19.6 Å². The lowest BCUT2D eigenvalue weighted by molar-refractivity contribution is 0.302. The molecule has 2 heteroatoms. The van der Waals surface area contributed by atoms with Crippen LogP contribution in [0.1, 0.15) is 43.9 Å². The summed E-state index contributed by atoms with van der Waals surface area (Å²) in [5, 5.41) is 0. The standard InChI is InChI=1S/C15H23NO/c1-4-6-11-17-15-13(8-5-2)9-7-10-14(15)12(3)16/h5,7,9-10,12H,2,4,6,8,11,16H2,1,3H3. The number of unbranched alkanes of at least 4 members (excludes halogenated alkanes) is 1. The second-order valence-corrected chi connectivity index (χ2v) is 4.32. The Hall–Kier alpha value is -1.28. The van der Waals surface area contributed by atoms with Crippen molar-refractivity contribution >= 4 is 0 Å². The highest BCUT2D eigenvalue weighted by molar-refractivity contribution is 5.44. The molecule has 1 aromatic carbocycles. The minimum Gasteiger partial charge on any atom is -0.493 e. The molecule has 0 spiro atoms. The molecule has 2 N–H and O–H groups in total. The van der Waals surface area contributed by atoms with Crippen molar-refractivity contribution in [3.63, 3.8) is 0 Å². The van der Waals surface area contributed by atoms with Crippen molar-refractivity contribution < 1.29 is 4.74 Å². The molecule has 1 rings (SSSR count). The summed E-state index contributed by atoms with van der Waals surface area (Å²) in [7, 11) is 0. The topological polar surface area (TPSA) is 35.2 Å². The van der Waals surface area contributed by atoms with Gasteiger partial charge in [-0.2, -0.15) is 0 Å². The number of rotatable bonds is 7. The van der Waals surface area contributed by atoms with Gasteiger partial charge in [-0.3, -0.25) is 0 Å². The Balaban J connectivity index is 2.96. The Labute approximate surface area is 104 Å². The number of hydrogen-bond acceptors (Lipinski definition) is 2. The van der Waals surface area contributed by atoms with E-state index in [4.69, 9.17) is 10.5 Å². The molecule has 17 heavy (non-hydrogen) atoms. The van der Waals surface area contributed by atoms with Gasteiger partial charge in [0.05, 0.1) is 6.61 Å². The molecular weight excluding hydrogens is 210 g/mol. The van der Waals surface area contributed by atoms with Gasteiger partial charge in [0, 0.05) is 11.6 Å². The van der Waals surface area contributed by atoms with Crippen LogP contribution in [0.3, 0.4) is 0 Å². The molecule has 0 bridgehead atoms. The number of ether oxygens (including phenoxy) is 1. The minimum atomic E-state index is -0.00334. The van der Waals surface area contributed by atoms with Crippen LogP contribution in [0.5, 0.6) is 5.75 Å².